The third kappa shape index (κ3) is 3.76. The summed E-state index contributed by atoms with van der Waals surface area (Å²) in [6.45, 7) is 3.62. The first-order valence-corrected chi connectivity index (χ1v) is 9.34. The second-order valence-corrected chi connectivity index (χ2v) is 7.85. The van der Waals surface area contributed by atoms with E-state index in [1.165, 1.54) is 0 Å². The third-order valence-corrected chi connectivity index (χ3v) is 5.47. The molecular weight excluding hydrogens is 324 g/mol. The van der Waals surface area contributed by atoms with Gasteiger partial charge in [0, 0.05) is 17.3 Å². The smallest absolute Gasteiger partial charge is 0.262 e. The van der Waals surface area contributed by atoms with Crippen molar-refractivity contribution in [2.24, 2.45) is 0 Å². The van der Waals surface area contributed by atoms with Gasteiger partial charge in [0.15, 0.2) is 0 Å². The van der Waals surface area contributed by atoms with Gasteiger partial charge in [0.1, 0.15) is 0 Å². The van der Waals surface area contributed by atoms with Crippen LogP contribution in [-0.4, -0.2) is 20.4 Å². The summed E-state index contributed by atoms with van der Waals surface area (Å²) < 4.78 is 27.7. The summed E-state index contributed by atoms with van der Waals surface area (Å²) >= 11 is 0. The number of hydrogen-bond acceptors (Lipinski definition) is 3. The molecule has 0 unspecified atom stereocenters. The van der Waals surface area contributed by atoms with Crippen molar-refractivity contribution in [3.63, 3.8) is 0 Å². The summed E-state index contributed by atoms with van der Waals surface area (Å²) in [5.74, 6) is -0.124. The Morgan fingerprint density at radius 3 is 2.33 bits per heavy atom. The van der Waals surface area contributed by atoms with Gasteiger partial charge in [-0.05, 0) is 68.1 Å². The molecule has 6 heteroatoms. The van der Waals surface area contributed by atoms with Crippen LogP contribution in [0.2, 0.25) is 0 Å². The lowest BCUT2D eigenvalue weighted by molar-refractivity contribution is 0.0951. The van der Waals surface area contributed by atoms with Crippen molar-refractivity contribution in [1.82, 2.24) is 5.32 Å². The molecule has 24 heavy (non-hydrogen) atoms. The van der Waals surface area contributed by atoms with Crippen LogP contribution in [-0.2, 0) is 10.0 Å². The van der Waals surface area contributed by atoms with Crippen LogP contribution in [0.1, 0.15) is 34.3 Å². The summed E-state index contributed by atoms with van der Waals surface area (Å²) in [6.07, 6.45) is 2.05. The van der Waals surface area contributed by atoms with Crippen molar-refractivity contribution in [2.75, 3.05) is 4.72 Å². The predicted molar refractivity (Wildman–Crippen MR) is 93.7 cm³/mol. The normalized spacial score (nSPS) is 14.2. The molecule has 2 N–H and O–H groups in total. The van der Waals surface area contributed by atoms with Gasteiger partial charge < -0.3 is 5.32 Å². The van der Waals surface area contributed by atoms with Crippen molar-refractivity contribution in [2.45, 2.75) is 37.6 Å². The van der Waals surface area contributed by atoms with Crippen LogP contribution in [0.25, 0.3) is 0 Å². The molecule has 2 aromatic rings. The number of aryl methyl sites for hydroxylation is 2. The van der Waals surface area contributed by atoms with E-state index in [2.05, 4.69) is 10.0 Å². The summed E-state index contributed by atoms with van der Waals surface area (Å²) in [5, 5.41) is 2.90. The number of carbonyl (C=O) groups is 1. The van der Waals surface area contributed by atoms with Crippen LogP contribution in [0.5, 0.6) is 0 Å². The number of hydrogen-bond donors (Lipinski definition) is 2. The summed E-state index contributed by atoms with van der Waals surface area (Å²) in [5.41, 5.74) is 2.53. The minimum atomic E-state index is -3.66. The minimum absolute atomic E-state index is 0.124. The van der Waals surface area contributed by atoms with E-state index in [4.69, 9.17) is 0 Å². The van der Waals surface area contributed by atoms with Crippen molar-refractivity contribution >= 4 is 21.6 Å². The zero-order chi connectivity index (χ0) is 17.3. The summed E-state index contributed by atoms with van der Waals surface area (Å²) in [6, 6.07) is 12.1. The lowest BCUT2D eigenvalue weighted by atomic mass is 10.2. The molecule has 1 aliphatic carbocycles. The molecule has 1 amide bonds. The van der Waals surface area contributed by atoms with E-state index in [1.54, 1.807) is 43.3 Å². The number of benzene rings is 2. The molecule has 1 aliphatic rings. The lowest BCUT2D eigenvalue weighted by Gasteiger charge is -2.11. The molecule has 0 spiro atoms. The van der Waals surface area contributed by atoms with Gasteiger partial charge in [0.25, 0.3) is 15.9 Å². The van der Waals surface area contributed by atoms with E-state index >= 15 is 0 Å². The number of sulfonamides is 1. The average Bonchev–Trinajstić information content (AvgIpc) is 3.34. The first kappa shape index (κ1) is 16.5. The number of amides is 1. The molecule has 2 aromatic carbocycles. The highest BCUT2D eigenvalue weighted by atomic mass is 32.2. The maximum Gasteiger partial charge on any atom is 0.262 e. The first-order chi connectivity index (χ1) is 11.3. The minimum Gasteiger partial charge on any atom is -0.349 e. The Morgan fingerprint density at radius 2 is 1.71 bits per heavy atom. The highest BCUT2D eigenvalue weighted by Crippen LogP contribution is 2.22. The molecule has 0 radical (unpaired) electrons. The predicted octanol–water partition coefficient (Wildman–Crippen LogP) is 3.00. The number of rotatable bonds is 5. The SMILES string of the molecule is Cc1ccc(C)c(S(=O)(=O)Nc2ccc(C(=O)NC3CC3)cc2)c1. The van der Waals surface area contributed by atoms with Crippen molar-refractivity contribution in [3.05, 3.63) is 59.2 Å². The monoisotopic (exact) mass is 344 g/mol. The van der Waals surface area contributed by atoms with Crippen molar-refractivity contribution in [1.29, 1.82) is 0 Å². The molecule has 0 aromatic heterocycles. The molecule has 0 bridgehead atoms. The van der Waals surface area contributed by atoms with Crippen LogP contribution in [0.15, 0.2) is 47.4 Å². The molecule has 0 atom stereocenters. The molecule has 3 rings (SSSR count). The maximum absolute atomic E-state index is 12.6. The molecule has 1 saturated carbocycles. The fourth-order valence-electron chi connectivity index (χ4n) is 2.39. The Balaban J connectivity index is 1.77. The molecule has 1 fully saturated rings. The molecule has 0 aliphatic heterocycles. The van der Waals surface area contributed by atoms with Gasteiger partial charge in [-0.1, -0.05) is 12.1 Å². The fraction of sp³-hybridized carbons (Fsp3) is 0.278. The van der Waals surface area contributed by atoms with Crippen molar-refractivity contribution in [3.8, 4) is 0 Å². The van der Waals surface area contributed by atoms with Gasteiger partial charge >= 0.3 is 0 Å². The molecule has 0 heterocycles. The highest BCUT2D eigenvalue weighted by Gasteiger charge is 2.24. The molecule has 0 saturated heterocycles. The standard InChI is InChI=1S/C18H20N2O3S/c1-12-3-4-13(2)17(11-12)24(22,23)20-16-7-5-14(6-8-16)18(21)19-15-9-10-15/h3-8,11,15,20H,9-10H2,1-2H3,(H,19,21). The van der Waals surface area contributed by atoms with E-state index in [9.17, 15) is 13.2 Å². The lowest BCUT2D eigenvalue weighted by Crippen LogP contribution is -2.25. The fourth-order valence-corrected chi connectivity index (χ4v) is 3.78. The highest BCUT2D eigenvalue weighted by molar-refractivity contribution is 7.92. The molecular formula is C18H20N2O3S. The van der Waals surface area contributed by atoms with Gasteiger partial charge in [0.05, 0.1) is 4.90 Å². The van der Waals surface area contributed by atoms with Gasteiger partial charge in [-0.15, -0.1) is 0 Å². The van der Waals surface area contributed by atoms with Crippen LogP contribution >= 0.6 is 0 Å². The Kier molecular flexibility index (Phi) is 4.32. The van der Waals surface area contributed by atoms with Gasteiger partial charge in [-0.3, -0.25) is 9.52 Å². The van der Waals surface area contributed by atoms with E-state index in [0.29, 0.717) is 22.9 Å². The molecule has 126 valence electrons. The number of anilines is 1. The van der Waals surface area contributed by atoms with Crippen LogP contribution in [0.4, 0.5) is 5.69 Å². The first-order valence-electron chi connectivity index (χ1n) is 7.86. The molecule has 5 nitrogen and oxygen atoms in total. The Morgan fingerprint density at radius 1 is 1.04 bits per heavy atom. The number of carbonyl (C=O) groups excluding carboxylic acids is 1. The van der Waals surface area contributed by atoms with E-state index in [0.717, 1.165) is 18.4 Å². The number of nitrogens with one attached hydrogen (secondary N) is 2. The Bertz CT molecular complexity index is 870. The van der Waals surface area contributed by atoms with Crippen LogP contribution < -0.4 is 10.0 Å². The second kappa shape index (κ2) is 6.28. The third-order valence-electron chi connectivity index (χ3n) is 3.95. The zero-order valence-electron chi connectivity index (χ0n) is 13.7. The largest absolute Gasteiger partial charge is 0.349 e. The van der Waals surface area contributed by atoms with Gasteiger partial charge in [-0.2, -0.15) is 0 Å². The average molecular weight is 344 g/mol. The van der Waals surface area contributed by atoms with Crippen molar-refractivity contribution < 1.29 is 13.2 Å². The van der Waals surface area contributed by atoms with Crippen LogP contribution in [0.3, 0.4) is 0 Å². The topological polar surface area (TPSA) is 75.3 Å². The zero-order valence-corrected chi connectivity index (χ0v) is 14.5. The van der Waals surface area contributed by atoms with Gasteiger partial charge in [0.2, 0.25) is 0 Å². The maximum atomic E-state index is 12.6. The van der Waals surface area contributed by atoms with Gasteiger partial charge in [-0.25, -0.2) is 8.42 Å². The second-order valence-electron chi connectivity index (χ2n) is 6.20. The summed E-state index contributed by atoms with van der Waals surface area (Å²) in [4.78, 5) is 12.2. The van der Waals surface area contributed by atoms with E-state index in [1.807, 2.05) is 13.0 Å². The Hall–Kier alpha value is -2.34. The summed E-state index contributed by atoms with van der Waals surface area (Å²) in [7, 11) is -3.66. The van der Waals surface area contributed by atoms with E-state index in [-0.39, 0.29) is 10.8 Å². The van der Waals surface area contributed by atoms with E-state index < -0.39 is 10.0 Å². The Labute approximate surface area is 142 Å². The van der Waals surface area contributed by atoms with Crippen LogP contribution in [0, 0.1) is 13.8 Å². The quantitative estimate of drug-likeness (QED) is 0.875.